The smallest absolute Gasteiger partial charge is 0.408 e. The molecule has 2 aromatic carbocycles. The highest BCUT2D eigenvalue weighted by molar-refractivity contribution is 5.91. The van der Waals surface area contributed by atoms with Gasteiger partial charge in [-0.25, -0.2) is 4.79 Å². The summed E-state index contributed by atoms with van der Waals surface area (Å²) < 4.78 is 5.28. The van der Waals surface area contributed by atoms with E-state index in [-0.39, 0.29) is 31.4 Å². The molecule has 2 rings (SSSR count). The maximum absolute atomic E-state index is 13.3. The van der Waals surface area contributed by atoms with Crippen LogP contribution < -0.4 is 21.3 Å². The molecule has 0 aromatic heterocycles. The number of carbonyl (C=O) groups excluding carboxylic acids is 4. The predicted molar refractivity (Wildman–Crippen MR) is 143 cm³/mol. The summed E-state index contributed by atoms with van der Waals surface area (Å²) >= 11 is 0. The van der Waals surface area contributed by atoms with E-state index in [2.05, 4.69) is 21.3 Å². The van der Waals surface area contributed by atoms with E-state index in [1.807, 2.05) is 74.5 Å². The summed E-state index contributed by atoms with van der Waals surface area (Å²) in [5.74, 6) is -1.29. The Labute approximate surface area is 223 Å². The van der Waals surface area contributed by atoms with Gasteiger partial charge in [-0.3, -0.25) is 14.4 Å². The lowest BCUT2D eigenvalue weighted by Gasteiger charge is -2.26. The Morgan fingerprint density at radius 1 is 0.816 bits per heavy atom. The first-order valence-electron chi connectivity index (χ1n) is 12.6. The summed E-state index contributed by atoms with van der Waals surface area (Å²) in [6.07, 6.45) is -0.230. The van der Waals surface area contributed by atoms with Crippen LogP contribution >= 0.6 is 0 Å². The fraction of sp³-hybridized carbons (Fsp3) is 0.429. The lowest BCUT2D eigenvalue weighted by molar-refractivity contribution is -0.130. The largest absolute Gasteiger partial charge is 0.445 e. The fourth-order valence-corrected chi connectivity index (χ4v) is 3.67. The monoisotopic (exact) mass is 526 g/mol. The Balaban J connectivity index is 2.11. The maximum Gasteiger partial charge on any atom is 0.408 e. The van der Waals surface area contributed by atoms with E-state index in [9.17, 15) is 24.3 Å². The van der Waals surface area contributed by atoms with Crippen LogP contribution in [0.5, 0.6) is 0 Å². The van der Waals surface area contributed by atoms with Crippen molar-refractivity contribution in [1.82, 2.24) is 21.3 Å². The predicted octanol–water partition coefficient (Wildman–Crippen LogP) is 1.67. The fourth-order valence-electron chi connectivity index (χ4n) is 3.67. The minimum Gasteiger partial charge on any atom is -0.445 e. The Hall–Kier alpha value is -3.92. The van der Waals surface area contributed by atoms with Gasteiger partial charge in [-0.1, -0.05) is 74.5 Å². The summed E-state index contributed by atoms with van der Waals surface area (Å²) in [6.45, 7) is 4.86. The van der Waals surface area contributed by atoms with Gasteiger partial charge < -0.3 is 31.1 Å². The topological polar surface area (TPSA) is 146 Å². The lowest BCUT2D eigenvalue weighted by Crippen LogP contribution is -2.57. The van der Waals surface area contributed by atoms with Crippen molar-refractivity contribution in [2.24, 2.45) is 5.92 Å². The summed E-state index contributed by atoms with van der Waals surface area (Å²) in [7, 11) is 0. The molecule has 3 atom stereocenters. The van der Waals surface area contributed by atoms with Crippen LogP contribution in [0.1, 0.15) is 38.3 Å². The number of alkyl carbamates (subject to hydrolysis) is 1. The molecular weight excluding hydrogens is 488 g/mol. The molecule has 0 aliphatic rings. The van der Waals surface area contributed by atoms with E-state index in [0.717, 1.165) is 11.1 Å². The molecule has 0 radical (unpaired) electrons. The Bertz CT molecular complexity index is 1030. The number of aliphatic hydroxyl groups is 1. The molecule has 0 spiro atoms. The van der Waals surface area contributed by atoms with Gasteiger partial charge in [0, 0.05) is 19.9 Å². The molecule has 206 valence electrons. The number of hydrogen-bond donors (Lipinski definition) is 5. The second-order valence-electron chi connectivity index (χ2n) is 9.46. The quantitative estimate of drug-likeness (QED) is 0.253. The molecule has 0 saturated heterocycles. The first-order chi connectivity index (χ1) is 18.2. The Morgan fingerprint density at radius 2 is 1.39 bits per heavy atom. The third-order valence-electron chi connectivity index (χ3n) is 5.61. The third kappa shape index (κ3) is 11.4. The standard InChI is InChI=1S/C28H38N4O6/c1-19(2)14-24(32-28(37)38-18-22-12-8-5-9-13-22)27(36)31-25(15-21-10-6-4-7-11-21)26(35)30-23(17-33)16-29-20(3)34/h4-13,19,23-25,33H,14-18H2,1-3H3,(H,29,34)(H,30,35)(H,31,36)(H,32,37)/t23-,24-,25-/m0/s1. The minimum atomic E-state index is -0.993. The summed E-state index contributed by atoms with van der Waals surface area (Å²) in [5.41, 5.74) is 1.62. The number of ether oxygens (including phenoxy) is 1. The van der Waals surface area contributed by atoms with Crippen LogP contribution in [0.4, 0.5) is 4.79 Å². The van der Waals surface area contributed by atoms with Crippen molar-refractivity contribution in [3.8, 4) is 0 Å². The maximum atomic E-state index is 13.3. The van der Waals surface area contributed by atoms with Gasteiger partial charge in [0.1, 0.15) is 18.7 Å². The minimum absolute atomic E-state index is 0.0361. The van der Waals surface area contributed by atoms with Crippen molar-refractivity contribution < 1.29 is 29.0 Å². The SMILES string of the molecule is CC(=O)NC[C@@H](CO)NC(=O)[C@H](Cc1ccccc1)NC(=O)[C@H](CC(C)C)NC(=O)OCc1ccccc1. The summed E-state index contributed by atoms with van der Waals surface area (Å²) in [6, 6.07) is 15.7. The molecular formula is C28H38N4O6. The molecule has 38 heavy (non-hydrogen) atoms. The van der Waals surface area contributed by atoms with Gasteiger partial charge in [0.05, 0.1) is 12.6 Å². The second kappa shape index (κ2) is 16.0. The van der Waals surface area contributed by atoms with Gasteiger partial charge in [0.15, 0.2) is 0 Å². The van der Waals surface area contributed by atoms with Gasteiger partial charge in [0.25, 0.3) is 0 Å². The molecule has 0 aliphatic heterocycles. The molecule has 2 aromatic rings. The van der Waals surface area contributed by atoms with Crippen LogP contribution in [0.25, 0.3) is 0 Å². The highest BCUT2D eigenvalue weighted by Gasteiger charge is 2.29. The van der Waals surface area contributed by atoms with Crippen molar-refractivity contribution in [1.29, 1.82) is 0 Å². The normalized spacial score (nSPS) is 13.1. The van der Waals surface area contributed by atoms with Gasteiger partial charge >= 0.3 is 6.09 Å². The number of amides is 4. The van der Waals surface area contributed by atoms with Gasteiger partial charge in [-0.2, -0.15) is 0 Å². The lowest BCUT2D eigenvalue weighted by atomic mass is 10.0. The first-order valence-corrected chi connectivity index (χ1v) is 12.6. The molecule has 10 nitrogen and oxygen atoms in total. The van der Waals surface area contributed by atoms with E-state index in [0.29, 0.717) is 6.42 Å². The zero-order valence-electron chi connectivity index (χ0n) is 22.1. The molecule has 0 saturated carbocycles. The van der Waals surface area contributed by atoms with Crippen LogP contribution in [0.3, 0.4) is 0 Å². The molecule has 0 aliphatic carbocycles. The van der Waals surface area contributed by atoms with Crippen LogP contribution in [0.2, 0.25) is 0 Å². The van der Waals surface area contributed by atoms with Gasteiger partial charge in [-0.05, 0) is 23.5 Å². The van der Waals surface area contributed by atoms with Crippen molar-refractivity contribution in [2.75, 3.05) is 13.2 Å². The van der Waals surface area contributed by atoms with Gasteiger partial charge in [-0.15, -0.1) is 0 Å². The highest BCUT2D eigenvalue weighted by Crippen LogP contribution is 2.09. The number of rotatable bonds is 14. The Morgan fingerprint density at radius 3 is 1.95 bits per heavy atom. The molecule has 10 heteroatoms. The van der Waals surface area contributed by atoms with Crippen molar-refractivity contribution in [2.45, 2.75) is 58.3 Å². The third-order valence-corrected chi connectivity index (χ3v) is 5.61. The Kier molecular flexibility index (Phi) is 12.8. The zero-order chi connectivity index (χ0) is 27.9. The molecule has 0 bridgehead atoms. The van der Waals surface area contributed by atoms with Gasteiger partial charge in [0.2, 0.25) is 17.7 Å². The van der Waals surface area contributed by atoms with Crippen molar-refractivity contribution in [3.63, 3.8) is 0 Å². The molecule has 0 heterocycles. The molecule has 5 N–H and O–H groups in total. The van der Waals surface area contributed by atoms with Crippen LogP contribution in [-0.4, -0.2) is 60.2 Å². The number of aliphatic hydroxyl groups excluding tert-OH is 1. The average Bonchev–Trinajstić information content (AvgIpc) is 2.89. The van der Waals surface area contributed by atoms with E-state index < -0.39 is 42.6 Å². The number of hydrogen-bond acceptors (Lipinski definition) is 6. The van der Waals surface area contributed by atoms with Crippen LogP contribution in [0, 0.1) is 5.92 Å². The number of carbonyl (C=O) groups is 4. The number of benzene rings is 2. The van der Waals surface area contributed by atoms with E-state index in [1.165, 1.54) is 6.92 Å². The first kappa shape index (κ1) is 30.3. The average molecular weight is 527 g/mol. The molecule has 0 fully saturated rings. The molecule has 4 amide bonds. The number of nitrogens with one attached hydrogen (secondary N) is 4. The highest BCUT2D eigenvalue weighted by atomic mass is 16.5. The van der Waals surface area contributed by atoms with Crippen LogP contribution in [-0.2, 0) is 32.1 Å². The van der Waals surface area contributed by atoms with E-state index >= 15 is 0 Å². The van der Waals surface area contributed by atoms with Crippen molar-refractivity contribution in [3.05, 3.63) is 71.8 Å². The zero-order valence-corrected chi connectivity index (χ0v) is 22.1. The molecule has 0 unspecified atom stereocenters. The van der Waals surface area contributed by atoms with Crippen molar-refractivity contribution >= 4 is 23.8 Å². The van der Waals surface area contributed by atoms with E-state index in [4.69, 9.17) is 4.74 Å². The second-order valence-corrected chi connectivity index (χ2v) is 9.46. The van der Waals surface area contributed by atoms with E-state index in [1.54, 1.807) is 0 Å². The summed E-state index contributed by atoms with van der Waals surface area (Å²) in [4.78, 5) is 50.2. The van der Waals surface area contributed by atoms with Crippen LogP contribution in [0.15, 0.2) is 60.7 Å². The summed E-state index contributed by atoms with van der Waals surface area (Å²) in [5, 5.41) is 20.2.